The Bertz CT molecular complexity index is 689. The number of pyridine rings is 1. The summed E-state index contributed by atoms with van der Waals surface area (Å²) in [6.45, 7) is 1.72. The lowest BCUT2D eigenvalue weighted by molar-refractivity contribution is -0.225. The minimum absolute atomic E-state index is 0.117. The summed E-state index contributed by atoms with van der Waals surface area (Å²) in [7, 11) is 0. The molecule has 1 N–H and O–H groups in total. The summed E-state index contributed by atoms with van der Waals surface area (Å²) in [6, 6.07) is 1.97. The highest BCUT2D eigenvalue weighted by molar-refractivity contribution is 5.94. The molecular weight excluding hydrogens is 412 g/mol. The van der Waals surface area contributed by atoms with Gasteiger partial charge in [-0.15, -0.1) is 0 Å². The molecule has 1 amide bonds. The average molecular weight is 437 g/mol. The van der Waals surface area contributed by atoms with Crippen molar-refractivity contribution >= 4 is 11.7 Å². The highest BCUT2D eigenvalue weighted by Crippen LogP contribution is 2.45. The summed E-state index contributed by atoms with van der Waals surface area (Å²) in [5, 5.41) is 2.36. The number of anilines is 1. The Labute approximate surface area is 171 Å². The zero-order chi connectivity index (χ0) is 21.9. The van der Waals surface area contributed by atoms with Gasteiger partial charge in [0.2, 0.25) is 0 Å². The van der Waals surface area contributed by atoms with Crippen LogP contribution in [0, 0.1) is 11.8 Å². The number of carbonyl (C=O) groups is 1. The van der Waals surface area contributed by atoms with Crippen molar-refractivity contribution < 1.29 is 31.1 Å². The van der Waals surface area contributed by atoms with E-state index in [1.165, 1.54) is 12.3 Å². The molecule has 1 saturated heterocycles. The third kappa shape index (κ3) is 5.78. The van der Waals surface area contributed by atoms with Gasteiger partial charge in [-0.25, -0.2) is 4.98 Å². The monoisotopic (exact) mass is 437 g/mol. The van der Waals surface area contributed by atoms with Crippen molar-refractivity contribution in [3.05, 3.63) is 23.9 Å². The first-order valence-electron chi connectivity index (χ1n) is 10.2. The zero-order valence-corrected chi connectivity index (χ0v) is 16.4. The van der Waals surface area contributed by atoms with Crippen LogP contribution in [0.5, 0.6) is 0 Å². The van der Waals surface area contributed by atoms with E-state index in [0.29, 0.717) is 5.82 Å². The molecule has 30 heavy (non-hydrogen) atoms. The van der Waals surface area contributed by atoms with Crippen LogP contribution in [-0.2, 0) is 0 Å². The van der Waals surface area contributed by atoms with E-state index >= 15 is 0 Å². The van der Waals surface area contributed by atoms with Gasteiger partial charge < -0.3 is 10.2 Å². The topological polar surface area (TPSA) is 45.2 Å². The fourth-order valence-electron chi connectivity index (χ4n) is 4.25. The van der Waals surface area contributed by atoms with Gasteiger partial charge in [0.25, 0.3) is 5.91 Å². The van der Waals surface area contributed by atoms with Crippen LogP contribution < -0.4 is 10.2 Å². The lowest BCUT2D eigenvalue weighted by Gasteiger charge is -2.37. The summed E-state index contributed by atoms with van der Waals surface area (Å²) in [6.07, 6.45) is -5.85. The Kier molecular flexibility index (Phi) is 6.81. The fourth-order valence-corrected chi connectivity index (χ4v) is 4.25. The Hall–Kier alpha value is -2.00. The van der Waals surface area contributed by atoms with E-state index < -0.39 is 55.4 Å². The van der Waals surface area contributed by atoms with Gasteiger partial charge in [0.05, 0.1) is 17.4 Å². The van der Waals surface area contributed by atoms with Crippen LogP contribution in [0.4, 0.5) is 32.2 Å². The summed E-state index contributed by atoms with van der Waals surface area (Å²) in [5.74, 6) is -4.18. The molecule has 1 aromatic heterocycles. The number of carbonyl (C=O) groups excluding carboxylic acids is 1. The van der Waals surface area contributed by atoms with Crippen molar-refractivity contribution in [1.29, 1.82) is 0 Å². The number of nitrogens with one attached hydrogen (secondary N) is 1. The molecule has 3 rings (SSSR count). The van der Waals surface area contributed by atoms with E-state index in [-0.39, 0.29) is 5.56 Å². The van der Waals surface area contributed by atoms with Crippen LogP contribution >= 0.6 is 0 Å². The second kappa shape index (κ2) is 9.01. The molecule has 0 unspecified atom stereocenters. The quantitative estimate of drug-likeness (QED) is 0.670. The molecule has 1 saturated carbocycles. The molecule has 1 aromatic rings. The van der Waals surface area contributed by atoms with Gasteiger partial charge in [-0.3, -0.25) is 4.79 Å². The minimum Gasteiger partial charge on any atom is -0.357 e. The number of hydrogen-bond donors (Lipinski definition) is 1. The molecule has 2 aliphatic rings. The third-order valence-corrected chi connectivity index (χ3v) is 5.91. The molecule has 0 aromatic carbocycles. The highest BCUT2D eigenvalue weighted by atomic mass is 19.4. The maximum atomic E-state index is 13.1. The standard InChI is InChI=1S/C20H25F6N3O/c21-19(22,23)14-9-15(20(24,25)26)11-16(10-14)28-18(30)13-5-6-17(27-12-13)29-7-3-1-2-4-8-29/h5-6,12,14-16H,1-4,7-11H2,(H,28,30)/t14-,15-/m0/s1. The molecule has 10 heteroatoms. The van der Waals surface area contributed by atoms with Crippen molar-refractivity contribution in [3.8, 4) is 0 Å². The van der Waals surface area contributed by atoms with Crippen LogP contribution in [0.3, 0.4) is 0 Å². The molecule has 2 heterocycles. The zero-order valence-electron chi connectivity index (χ0n) is 16.4. The predicted octanol–water partition coefficient (Wildman–Crippen LogP) is 5.10. The first-order chi connectivity index (χ1) is 14.0. The molecule has 4 nitrogen and oxygen atoms in total. The van der Waals surface area contributed by atoms with Gasteiger partial charge in [0, 0.05) is 25.3 Å². The normalized spacial score (nSPS) is 26.2. The van der Waals surface area contributed by atoms with E-state index in [9.17, 15) is 31.1 Å². The Balaban J connectivity index is 1.66. The van der Waals surface area contributed by atoms with Crippen LogP contribution in [0.25, 0.3) is 0 Å². The fraction of sp³-hybridized carbons (Fsp3) is 0.700. The molecule has 0 radical (unpaired) electrons. The molecule has 2 fully saturated rings. The third-order valence-electron chi connectivity index (χ3n) is 5.91. The Morgan fingerprint density at radius 3 is 1.93 bits per heavy atom. The minimum atomic E-state index is -4.73. The number of amides is 1. The van der Waals surface area contributed by atoms with E-state index in [4.69, 9.17) is 0 Å². The van der Waals surface area contributed by atoms with Gasteiger partial charge in [0.15, 0.2) is 0 Å². The molecule has 0 bridgehead atoms. The second-order valence-electron chi connectivity index (χ2n) is 8.16. The Morgan fingerprint density at radius 1 is 0.900 bits per heavy atom. The molecule has 168 valence electrons. The summed E-state index contributed by atoms with van der Waals surface area (Å²) in [4.78, 5) is 18.8. The van der Waals surface area contributed by atoms with Crippen LogP contribution in [-0.4, -0.2) is 42.4 Å². The van der Waals surface area contributed by atoms with Crippen LogP contribution in [0.15, 0.2) is 18.3 Å². The number of alkyl halides is 6. The van der Waals surface area contributed by atoms with Gasteiger partial charge in [-0.1, -0.05) is 12.8 Å². The molecule has 1 aliphatic carbocycles. The maximum absolute atomic E-state index is 13.1. The first-order valence-corrected chi connectivity index (χ1v) is 10.2. The highest BCUT2D eigenvalue weighted by Gasteiger charge is 2.52. The van der Waals surface area contributed by atoms with Gasteiger partial charge in [-0.2, -0.15) is 26.3 Å². The van der Waals surface area contributed by atoms with Crippen molar-refractivity contribution in [2.75, 3.05) is 18.0 Å². The number of halogens is 6. The Morgan fingerprint density at radius 2 is 1.47 bits per heavy atom. The second-order valence-corrected chi connectivity index (χ2v) is 8.16. The maximum Gasteiger partial charge on any atom is 0.391 e. The van der Waals surface area contributed by atoms with E-state index in [1.807, 2.05) is 0 Å². The van der Waals surface area contributed by atoms with Crippen LogP contribution in [0.1, 0.15) is 55.3 Å². The van der Waals surface area contributed by atoms with Crippen molar-refractivity contribution in [2.45, 2.75) is 63.3 Å². The smallest absolute Gasteiger partial charge is 0.357 e. The van der Waals surface area contributed by atoms with Gasteiger partial charge in [0.1, 0.15) is 5.82 Å². The SMILES string of the molecule is O=C(NC1C[C@@H](C(F)(F)F)C[C@H](C(F)(F)F)C1)c1ccc(N2CCCCCC2)nc1. The van der Waals surface area contributed by atoms with Gasteiger partial charge in [-0.05, 0) is 44.2 Å². The predicted molar refractivity (Wildman–Crippen MR) is 99.1 cm³/mol. The summed E-state index contributed by atoms with van der Waals surface area (Å²) in [5.41, 5.74) is 0.117. The number of hydrogen-bond acceptors (Lipinski definition) is 3. The van der Waals surface area contributed by atoms with Gasteiger partial charge >= 0.3 is 12.4 Å². The molecule has 0 spiro atoms. The van der Waals surface area contributed by atoms with Crippen LogP contribution in [0.2, 0.25) is 0 Å². The first kappa shape index (κ1) is 22.7. The number of aromatic nitrogens is 1. The van der Waals surface area contributed by atoms with E-state index in [0.717, 1.165) is 38.8 Å². The van der Waals surface area contributed by atoms with Crippen molar-refractivity contribution in [2.24, 2.45) is 11.8 Å². The van der Waals surface area contributed by atoms with E-state index in [2.05, 4.69) is 15.2 Å². The molecule has 2 atom stereocenters. The lowest BCUT2D eigenvalue weighted by atomic mass is 9.77. The number of nitrogens with zero attached hydrogens (tertiary/aromatic N) is 2. The summed E-state index contributed by atoms with van der Waals surface area (Å²) < 4.78 is 78.6. The number of rotatable bonds is 3. The van der Waals surface area contributed by atoms with Crippen molar-refractivity contribution in [1.82, 2.24) is 10.3 Å². The van der Waals surface area contributed by atoms with Crippen molar-refractivity contribution in [3.63, 3.8) is 0 Å². The largest absolute Gasteiger partial charge is 0.391 e. The average Bonchev–Trinajstić information content (AvgIpc) is 2.96. The summed E-state index contributed by atoms with van der Waals surface area (Å²) >= 11 is 0. The molecular formula is C20H25F6N3O. The van der Waals surface area contributed by atoms with E-state index in [1.54, 1.807) is 6.07 Å². The lowest BCUT2D eigenvalue weighted by Crippen LogP contribution is -2.47. The molecule has 1 aliphatic heterocycles.